The highest BCUT2D eigenvalue weighted by Crippen LogP contribution is 2.33. The first-order valence-electron chi connectivity index (χ1n) is 9.36. The molecule has 1 unspecified atom stereocenters. The van der Waals surface area contributed by atoms with Gasteiger partial charge < -0.3 is 10.1 Å². The van der Waals surface area contributed by atoms with Gasteiger partial charge in [-0.1, -0.05) is 29.4 Å². The Morgan fingerprint density at radius 1 is 1.23 bits per heavy atom. The number of fused-ring (bicyclic) bond motifs is 1. The van der Waals surface area contributed by atoms with Crippen molar-refractivity contribution in [2.24, 2.45) is 0 Å². The number of anilines is 1. The zero-order chi connectivity index (χ0) is 22.2. The molecule has 3 aromatic rings. The lowest BCUT2D eigenvalue weighted by atomic mass is 10.0. The molecule has 0 aliphatic carbocycles. The number of rotatable bonds is 5. The third kappa shape index (κ3) is 4.46. The number of sulfonamides is 1. The van der Waals surface area contributed by atoms with Crippen molar-refractivity contribution in [2.75, 3.05) is 19.0 Å². The monoisotopic (exact) mass is 499 g/mol. The lowest BCUT2D eigenvalue weighted by Crippen LogP contribution is -2.49. The molecule has 164 valence electrons. The van der Waals surface area contributed by atoms with Crippen LogP contribution in [0, 0.1) is 0 Å². The number of nitrogens with zero attached hydrogens (tertiary/aromatic N) is 2. The van der Waals surface area contributed by atoms with E-state index in [2.05, 4.69) is 10.3 Å². The molecule has 1 amide bonds. The number of methoxy groups -OCH3 is 1. The topological polar surface area (TPSA) is 106 Å². The maximum absolute atomic E-state index is 13.1. The fraction of sp³-hybridized carbons (Fsp3) is 0.316. The van der Waals surface area contributed by atoms with E-state index >= 15 is 0 Å². The van der Waals surface area contributed by atoms with Crippen LogP contribution in [0.3, 0.4) is 0 Å². The van der Waals surface area contributed by atoms with Gasteiger partial charge in [0, 0.05) is 6.54 Å². The van der Waals surface area contributed by atoms with E-state index in [4.69, 9.17) is 16.3 Å². The second-order valence-corrected chi connectivity index (χ2v) is 11.7. The molecule has 4 rings (SSSR count). The summed E-state index contributed by atoms with van der Waals surface area (Å²) in [6, 6.07) is 7.07. The van der Waals surface area contributed by atoms with Crippen LogP contribution in [0.15, 0.2) is 34.5 Å². The molecular weight excluding hydrogens is 482 g/mol. The van der Waals surface area contributed by atoms with Crippen LogP contribution >= 0.6 is 34.3 Å². The van der Waals surface area contributed by atoms with E-state index < -0.39 is 27.9 Å². The number of esters is 1. The number of ether oxygens (including phenoxy) is 1. The van der Waals surface area contributed by atoms with Gasteiger partial charge in [0.1, 0.15) is 10.3 Å². The molecule has 0 bridgehead atoms. The Labute approximate surface area is 191 Å². The summed E-state index contributed by atoms with van der Waals surface area (Å²) < 4.78 is 33.3. The van der Waals surface area contributed by atoms with Gasteiger partial charge >= 0.3 is 5.97 Å². The van der Waals surface area contributed by atoms with Crippen molar-refractivity contribution in [3.05, 3.63) is 40.2 Å². The molecule has 1 N–H and O–H groups in total. The van der Waals surface area contributed by atoms with E-state index in [1.807, 2.05) is 0 Å². The van der Waals surface area contributed by atoms with Gasteiger partial charge in [0.2, 0.25) is 5.91 Å². The molecule has 8 nitrogen and oxygen atoms in total. The lowest BCUT2D eigenvalue weighted by molar-refractivity contribution is -0.120. The van der Waals surface area contributed by atoms with Gasteiger partial charge in [-0.3, -0.25) is 4.79 Å². The average molecular weight is 500 g/mol. The maximum Gasteiger partial charge on any atom is 0.337 e. The Kier molecular flexibility index (Phi) is 6.31. The number of nitrogens with one attached hydrogen (secondary N) is 1. The highest BCUT2D eigenvalue weighted by Gasteiger charge is 2.38. The number of carbonyl (C=O) groups is 2. The predicted molar refractivity (Wildman–Crippen MR) is 120 cm³/mol. The lowest BCUT2D eigenvalue weighted by Gasteiger charge is -2.32. The van der Waals surface area contributed by atoms with Crippen LogP contribution < -0.4 is 5.32 Å². The first-order valence-corrected chi connectivity index (χ1v) is 12.8. The van der Waals surface area contributed by atoms with E-state index in [-0.39, 0.29) is 10.8 Å². The number of hydrogen-bond donors (Lipinski definition) is 1. The van der Waals surface area contributed by atoms with Crippen LogP contribution in [0.2, 0.25) is 4.34 Å². The van der Waals surface area contributed by atoms with Crippen LogP contribution in [0.5, 0.6) is 0 Å². The minimum absolute atomic E-state index is 0.118. The molecule has 31 heavy (non-hydrogen) atoms. The zero-order valence-electron chi connectivity index (χ0n) is 16.3. The molecule has 0 radical (unpaired) electrons. The number of thiazole rings is 1. The molecule has 1 aliphatic rings. The fourth-order valence-electron chi connectivity index (χ4n) is 3.42. The number of amides is 1. The maximum atomic E-state index is 13.1. The van der Waals surface area contributed by atoms with Crippen LogP contribution in [-0.4, -0.2) is 49.3 Å². The van der Waals surface area contributed by atoms with Gasteiger partial charge in [0.15, 0.2) is 5.13 Å². The average Bonchev–Trinajstić information content (AvgIpc) is 3.38. The van der Waals surface area contributed by atoms with Gasteiger partial charge in [-0.05, 0) is 43.2 Å². The Hall–Kier alpha value is -2.05. The summed E-state index contributed by atoms with van der Waals surface area (Å²) in [6.07, 6.45) is 1.85. The van der Waals surface area contributed by atoms with Crippen LogP contribution in [0.25, 0.3) is 10.2 Å². The molecular formula is C19H18ClN3O5S3. The van der Waals surface area contributed by atoms with Crippen molar-refractivity contribution in [3.8, 4) is 0 Å². The van der Waals surface area contributed by atoms with E-state index in [9.17, 15) is 18.0 Å². The molecule has 1 saturated heterocycles. The Morgan fingerprint density at radius 2 is 2.03 bits per heavy atom. The summed E-state index contributed by atoms with van der Waals surface area (Å²) in [6.45, 7) is 0.262. The van der Waals surface area contributed by atoms with Gasteiger partial charge in [-0.25, -0.2) is 18.2 Å². The van der Waals surface area contributed by atoms with E-state index in [0.717, 1.165) is 17.8 Å². The minimum atomic E-state index is -3.83. The third-order valence-electron chi connectivity index (χ3n) is 4.91. The van der Waals surface area contributed by atoms with Crippen molar-refractivity contribution in [3.63, 3.8) is 0 Å². The molecule has 1 fully saturated rings. The number of hydrogen-bond acceptors (Lipinski definition) is 8. The van der Waals surface area contributed by atoms with Crippen molar-refractivity contribution in [1.29, 1.82) is 0 Å². The molecule has 12 heteroatoms. The molecule has 1 aromatic carbocycles. The summed E-state index contributed by atoms with van der Waals surface area (Å²) in [5, 5.41) is 3.08. The second-order valence-electron chi connectivity index (χ2n) is 6.87. The Balaban J connectivity index is 1.57. The summed E-state index contributed by atoms with van der Waals surface area (Å²) in [7, 11) is -2.53. The van der Waals surface area contributed by atoms with E-state index in [0.29, 0.717) is 38.1 Å². The minimum Gasteiger partial charge on any atom is -0.465 e. The highest BCUT2D eigenvalue weighted by molar-refractivity contribution is 7.91. The molecule has 3 heterocycles. The molecule has 2 aromatic heterocycles. The first kappa shape index (κ1) is 22.2. The SMILES string of the molecule is COC(=O)c1ccc2nc(NC(=O)C3CCCCN3S(=O)(=O)c3ccc(Cl)s3)sc2c1. The van der Waals surface area contributed by atoms with Crippen molar-refractivity contribution in [1.82, 2.24) is 9.29 Å². The zero-order valence-corrected chi connectivity index (χ0v) is 19.5. The number of piperidine rings is 1. The van der Waals surface area contributed by atoms with Crippen molar-refractivity contribution >= 4 is 71.5 Å². The van der Waals surface area contributed by atoms with E-state index in [1.165, 1.54) is 34.9 Å². The van der Waals surface area contributed by atoms with Crippen molar-refractivity contribution < 1.29 is 22.7 Å². The van der Waals surface area contributed by atoms with Gasteiger partial charge in [0.25, 0.3) is 10.0 Å². The largest absolute Gasteiger partial charge is 0.465 e. The van der Waals surface area contributed by atoms with Gasteiger partial charge in [-0.15, -0.1) is 11.3 Å². The highest BCUT2D eigenvalue weighted by atomic mass is 35.5. The standard InChI is InChI=1S/C19H18ClN3O5S3/c1-28-18(25)11-5-6-12-14(10-11)29-19(21-12)22-17(24)13-4-2-3-9-23(13)31(26,27)16-8-7-15(20)30-16/h5-8,10,13H,2-4,9H2,1H3,(H,21,22,24). The summed E-state index contributed by atoms with van der Waals surface area (Å²) in [5.74, 6) is -0.893. The number of carbonyl (C=O) groups excluding carboxylic acids is 2. The third-order valence-corrected chi connectivity index (χ3v) is 9.45. The Morgan fingerprint density at radius 3 is 2.74 bits per heavy atom. The number of halogens is 1. The van der Waals surface area contributed by atoms with Crippen LogP contribution in [0.1, 0.15) is 29.6 Å². The van der Waals surface area contributed by atoms with Crippen LogP contribution in [0.4, 0.5) is 5.13 Å². The molecule has 1 atom stereocenters. The molecule has 1 aliphatic heterocycles. The quantitative estimate of drug-likeness (QED) is 0.532. The number of thiophene rings is 1. The first-order chi connectivity index (χ1) is 14.8. The number of benzene rings is 1. The summed E-state index contributed by atoms with van der Waals surface area (Å²) in [4.78, 5) is 29.1. The molecule has 0 spiro atoms. The molecule has 0 saturated carbocycles. The predicted octanol–water partition coefficient (Wildman–Crippen LogP) is 3.98. The van der Waals surface area contributed by atoms with Crippen molar-refractivity contribution in [2.45, 2.75) is 29.5 Å². The fourth-order valence-corrected chi connectivity index (χ4v) is 7.59. The normalized spacial score (nSPS) is 17.5. The number of aromatic nitrogens is 1. The van der Waals surface area contributed by atoms with E-state index in [1.54, 1.807) is 18.2 Å². The second kappa shape index (κ2) is 8.83. The summed E-state index contributed by atoms with van der Waals surface area (Å²) >= 11 is 8.09. The Bertz CT molecular complexity index is 1250. The van der Waals surface area contributed by atoms with Gasteiger partial charge in [0.05, 0.1) is 27.2 Å². The summed E-state index contributed by atoms with van der Waals surface area (Å²) in [5.41, 5.74) is 1.00. The van der Waals surface area contributed by atoms with Crippen LogP contribution in [-0.2, 0) is 19.6 Å². The smallest absolute Gasteiger partial charge is 0.337 e. The van der Waals surface area contributed by atoms with Gasteiger partial charge in [-0.2, -0.15) is 4.31 Å².